The lowest BCUT2D eigenvalue weighted by molar-refractivity contribution is -0.139. The number of amides is 1. The zero-order valence-corrected chi connectivity index (χ0v) is 12.3. The number of likely N-dealkylation sites (tertiary alicyclic amines) is 1. The van der Waals surface area contributed by atoms with E-state index in [0.717, 1.165) is 37.2 Å². The molecular formula is C16H24N2O2. The lowest BCUT2D eigenvalue weighted by Crippen LogP contribution is -2.48. The Labute approximate surface area is 120 Å². The molecule has 2 N–H and O–H groups in total. The summed E-state index contributed by atoms with van der Waals surface area (Å²) >= 11 is 0. The summed E-state index contributed by atoms with van der Waals surface area (Å²) in [5.74, 6) is 0.879. The molecule has 20 heavy (non-hydrogen) atoms. The molecule has 1 unspecified atom stereocenters. The Morgan fingerprint density at radius 1 is 1.40 bits per heavy atom. The van der Waals surface area contributed by atoms with Crippen LogP contribution in [0, 0.1) is 6.92 Å². The van der Waals surface area contributed by atoms with Crippen LogP contribution in [0.5, 0.6) is 5.75 Å². The minimum absolute atomic E-state index is 0.0858. The van der Waals surface area contributed by atoms with Gasteiger partial charge in [0.15, 0.2) is 6.10 Å². The molecule has 110 valence electrons. The normalized spacial score (nSPS) is 17.9. The molecule has 0 aromatic heterocycles. The van der Waals surface area contributed by atoms with E-state index < -0.39 is 6.10 Å². The highest BCUT2D eigenvalue weighted by atomic mass is 16.5. The fraction of sp³-hybridized carbons (Fsp3) is 0.562. The van der Waals surface area contributed by atoms with E-state index in [1.165, 1.54) is 0 Å². The second-order valence-corrected chi connectivity index (χ2v) is 5.44. The van der Waals surface area contributed by atoms with Gasteiger partial charge in [-0.1, -0.05) is 25.1 Å². The van der Waals surface area contributed by atoms with E-state index in [1.807, 2.05) is 43.0 Å². The number of carbonyl (C=O) groups is 1. The summed E-state index contributed by atoms with van der Waals surface area (Å²) in [5.41, 5.74) is 6.93. The van der Waals surface area contributed by atoms with Crippen LogP contribution < -0.4 is 10.5 Å². The Kier molecular flexibility index (Phi) is 5.01. The number of benzene rings is 1. The Bertz CT molecular complexity index is 454. The largest absolute Gasteiger partial charge is 0.480 e. The number of ether oxygens (including phenoxy) is 1. The molecule has 0 bridgehead atoms. The first-order valence-corrected chi connectivity index (χ1v) is 7.38. The maximum absolute atomic E-state index is 12.5. The highest BCUT2D eigenvalue weighted by molar-refractivity contribution is 5.81. The van der Waals surface area contributed by atoms with Gasteiger partial charge in [-0.05, 0) is 37.8 Å². The second-order valence-electron chi connectivity index (χ2n) is 5.44. The van der Waals surface area contributed by atoms with Crippen LogP contribution in [-0.2, 0) is 4.79 Å². The molecular weight excluding hydrogens is 252 g/mol. The first-order chi connectivity index (χ1) is 9.61. The Balaban J connectivity index is 2.01. The number of aryl methyl sites for hydroxylation is 1. The fourth-order valence-electron chi connectivity index (χ4n) is 2.47. The molecule has 1 aliphatic heterocycles. The maximum Gasteiger partial charge on any atom is 0.263 e. The topological polar surface area (TPSA) is 55.6 Å². The van der Waals surface area contributed by atoms with Crippen molar-refractivity contribution in [3.05, 3.63) is 29.8 Å². The molecule has 2 rings (SSSR count). The van der Waals surface area contributed by atoms with Gasteiger partial charge in [-0.3, -0.25) is 4.79 Å². The highest BCUT2D eigenvalue weighted by Gasteiger charge is 2.27. The fourth-order valence-corrected chi connectivity index (χ4v) is 2.47. The average Bonchev–Trinajstić information content (AvgIpc) is 2.46. The van der Waals surface area contributed by atoms with Gasteiger partial charge >= 0.3 is 0 Å². The van der Waals surface area contributed by atoms with Crippen molar-refractivity contribution in [3.63, 3.8) is 0 Å². The standard InChI is InChI=1S/C16H24N2O2/c1-3-14(20-15-7-5-4-6-12(15)2)16(19)18-10-8-13(17)9-11-18/h4-7,13-14H,3,8-11,17H2,1-2H3. The SMILES string of the molecule is CCC(Oc1ccccc1C)C(=O)N1CCC(N)CC1. The third-order valence-electron chi connectivity index (χ3n) is 3.86. The van der Waals surface area contributed by atoms with Crippen molar-refractivity contribution in [2.45, 2.75) is 45.3 Å². The minimum atomic E-state index is -0.398. The monoisotopic (exact) mass is 276 g/mol. The van der Waals surface area contributed by atoms with E-state index in [1.54, 1.807) is 0 Å². The number of rotatable bonds is 4. The predicted molar refractivity (Wildman–Crippen MR) is 79.7 cm³/mol. The zero-order valence-electron chi connectivity index (χ0n) is 12.3. The van der Waals surface area contributed by atoms with Crippen molar-refractivity contribution in [3.8, 4) is 5.75 Å². The van der Waals surface area contributed by atoms with E-state index >= 15 is 0 Å². The number of hydrogen-bond acceptors (Lipinski definition) is 3. The van der Waals surface area contributed by atoms with Crippen LogP contribution in [0.1, 0.15) is 31.7 Å². The molecule has 1 aromatic rings. The molecule has 1 aromatic carbocycles. The number of nitrogens with zero attached hydrogens (tertiary/aromatic N) is 1. The maximum atomic E-state index is 12.5. The van der Waals surface area contributed by atoms with Crippen LogP contribution in [0.3, 0.4) is 0 Å². The molecule has 1 atom stereocenters. The van der Waals surface area contributed by atoms with E-state index in [0.29, 0.717) is 6.42 Å². The van der Waals surface area contributed by atoms with E-state index in [9.17, 15) is 4.79 Å². The van der Waals surface area contributed by atoms with Crippen molar-refractivity contribution in [2.75, 3.05) is 13.1 Å². The van der Waals surface area contributed by atoms with Crippen molar-refractivity contribution in [2.24, 2.45) is 5.73 Å². The van der Waals surface area contributed by atoms with Gasteiger partial charge in [-0.2, -0.15) is 0 Å². The van der Waals surface area contributed by atoms with Crippen LogP contribution >= 0.6 is 0 Å². The quantitative estimate of drug-likeness (QED) is 0.916. The van der Waals surface area contributed by atoms with Crippen LogP contribution in [-0.4, -0.2) is 36.0 Å². The van der Waals surface area contributed by atoms with Crippen molar-refractivity contribution < 1.29 is 9.53 Å². The van der Waals surface area contributed by atoms with Crippen molar-refractivity contribution in [1.29, 1.82) is 0 Å². The van der Waals surface area contributed by atoms with Crippen LogP contribution in [0.2, 0.25) is 0 Å². The van der Waals surface area contributed by atoms with E-state index in [2.05, 4.69) is 0 Å². The summed E-state index contributed by atoms with van der Waals surface area (Å²) in [6.45, 7) is 5.46. The van der Waals surface area contributed by atoms with Crippen molar-refractivity contribution >= 4 is 5.91 Å². The number of hydrogen-bond donors (Lipinski definition) is 1. The average molecular weight is 276 g/mol. The summed E-state index contributed by atoms with van der Waals surface area (Å²) in [6, 6.07) is 8.04. The number of nitrogens with two attached hydrogens (primary N) is 1. The van der Waals surface area contributed by atoms with Gasteiger partial charge in [-0.15, -0.1) is 0 Å². The summed E-state index contributed by atoms with van der Waals surface area (Å²) < 4.78 is 5.91. The molecule has 1 amide bonds. The van der Waals surface area contributed by atoms with Gasteiger partial charge in [0.1, 0.15) is 5.75 Å². The molecule has 0 saturated carbocycles. The molecule has 1 aliphatic rings. The van der Waals surface area contributed by atoms with Gasteiger partial charge in [0, 0.05) is 19.1 Å². The number of piperidine rings is 1. The molecule has 1 saturated heterocycles. The molecule has 4 heteroatoms. The molecule has 1 heterocycles. The van der Waals surface area contributed by atoms with Gasteiger partial charge < -0.3 is 15.4 Å². The second kappa shape index (κ2) is 6.75. The van der Waals surface area contributed by atoms with Crippen LogP contribution in [0.4, 0.5) is 0 Å². The number of para-hydroxylation sites is 1. The zero-order chi connectivity index (χ0) is 14.5. The van der Waals surface area contributed by atoms with Crippen LogP contribution in [0.15, 0.2) is 24.3 Å². The van der Waals surface area contributed by atoms with Crippen molar-refractivity contribution in [1.82, 2.24) is 4.90 Å². The summed E-state index contributed by atoms with van der Waals surface area (Å²) in [5, 5.41) is 0. The molecule has 4 nitrogen and oxygen atoms in total. The first-order valence-electron chi connectivity index (χ1n) is 7.38. The summed E-state index contributed by atoms with van der Waals surface area (Å²) in [7, 11) is 0. The third kappa shape index (κ3) is 3.51. The lowest BCUT2D eigenvalue weighted by atomic mass is 10.1. The van der Waals surface area contributed by atoms with Gasteiger partial charge in [-0.25, -0.2) is 0 Å². The lowest BCUT2D eigenvalue weighted by Gasteiger charge is -2.32. The minimum Gasteiger partial charge on any atom is -0.480 e. The first kappa shape index (κ1) is 14.9. The molecule has 0 radical (unpaired) electrons. The Morgan fingerprint density at radius 2 is 2.05 bits per heavy atom. The molecule has 1 fully saturated rings. The Hall–Kier alpha value is -1.55. The van der Waals surface area contributed by atoms with E-state index in [-0.39, 0.29) is 11.9 Å². The van der Waals surface area contributed by atoms with Gasteiger partial charge in [0.05, 0.1) is 0 Å². The predicted octanol–water partition coefficient (Wildman–Crippen LogP) is 2.10. The molecule has 0 spiro atoms. The Morgan fingerprint density at radius 3 is 2.65 bits per heavy atom. The van der Waals surface area contributed by atoms with Crippen LogP contribution in [0.25, 0.3) is 0 Å². The smallest absolute Gasteiger partial charge is 0.263 e. The highest BCUT2D eigenvalue weighted by Crippen LogP contribution is 2.20. The van der Waals surface area contributed by atoms with Gasteiger partial charge in [0.2, 0.25) is 0 Å². The third-order valence-corrected chi connectivity index (χ3v) is 3.86. The summed E-state index contributed by atoms with van der Waals surface area (Å²) in [4.78, 5) is 14.4. The molecule has 0 aliphatic carbocycles. The van der Waals surface area contributed by atoms with E-state index in [4.69, 9.17) is 10.5 Å². The number of carbonyl (C=O) groups excluding carboxylic acids is 1. The summed E-state index contributed by atoms with van der Waals surface area (Å²) in [6.07, 6.45) is 2.04. The van der Waals surface area contributed by atoms with Gasteiger partial charge in [0.25, 0.3) is 5.91 Å².